The van der Waals surface area contributed by atoms with E-state index in [0.29, 0.717) is 0 Å². The zero-order valence-electron chi connectivity index (χ0n) is 11.3. The minimum Gasteiger partial charge on any atom is -0.433 e. The molecule has 0 saturated carbocycles. The molecule has 0 bridgehead atoms. The Bertz CT molecular complexity index is 336. The molecule has 1 fully saturated rings. The molecule has 96 valence electrons. The maximum absolute atomic E-state index is 11.8. The van der Waals surface area contributed by atoms with E-state index in [2.05, 4.69) is 6.92 Å². The van der Waals surface area contributed by atoms with Crippen molar-refractivity contribution in [3.05, 3.63) is 24.3 Å². The molecule has 2 atom stereocenters. The highest BCUT2D eigenvalue weighted by atomic mass is 16.8. The number of hydrogen-bond acceptors (Lipinski definition) is 3. The molecule has 17 heavy (non-hydrogen) atoms. The van der Waals surface area contributed by atoms with Crippen molar-refractivity contribution in [3.8, 4) is 0 Å². The van der Waals surface area contributed by atoms with E-state index in [4.69, 9.17) is 9.47 Å². The van der Waals surface area contributed by atoms with Crippen molar-refractivity contribution in [3.63, 3.8) is 0 Å². The van der Waals surface area contributed by atoms with Crippen LogP contribution < -0.4 is 0 Å². The van der Waals surface area contributed by atoms with E-state index >= 15 is 0 Å². The lowest BCUT2D eigenvalue weighted by atomic mass is 9.96. The van der Waals surface area contributed by atoms with Gasteiger partial charge in [0, 0.05) is 5.41 Å². The summed E-state index contributed by atoms with van der Waals surface area (Å²) in [5.74, 6) is -0.321. The third kappa shape index (κ3) is 3.43. The molecular formula is C14H22O3. The number of cyclic esters (lactones) is 1. The van der Waals surface area contributed by atoms with Gasteiger partial charge in [0.15, 0.2) is 5.60 Å². The number of ether oxygens (including phenoxy) is 2. The number of carbonyl (C=O) groups is 1. The molecule has 0 aromatic heterocycles. The summed E-state index contributed by atoms with van der Waals surface area (Å²) < 4.78 is 11.0. The molecule has 0 aliphatic carbocycles. The lowest BCUT2D eigenvalue weighted by Gasteiger charge is -2.25. The summed E-state index contributed by atoms with van der Waals surface area (Å²) in [5.41, 5.74) is -1.17. The van der Waals surface area contributed by atoms with Crippen molar-refractivity contribution in [1.29, 1.82) is 0 Å². The SMILES string of the molecule is CC/C=C/C=C/[C@]1(C)O[C@H](C(C)(C)C)OC1=O. The molecule has 0 N–H and O–H groups in total. The first-order valence-corrected chi connectivity index (χ1v) is 6.03. The van der Waals surface area contributed by atoms with Gasteiger partial charge in [-0.1, -0.05) is 45.9 Å². The monoisotopic (exact) mass is 238 g/mol. The Hall–Kier alpha value is -1.09. The Labute approximate surface area is 103 Å². The van der Waals surface area contributed by atoms with Gasteiger partial charge in [-0.2, -0.15) is 0 Å². The fourth-order valence-corrected chi connectivity index (χ4v) is 1.42. The van der Waals surface area contributed by atoms with Crippen LogP contribution in [0, 0.1) is 5.41 Å². The molecule has 3 heteroatoms. The third-order valence-corrected chi connectivity index (χ3v) is 2.58. The average molecular weight is 238 g/mol. The van der Waals surface area contributed by atoms with Crippen LogP contribution in [0.3, 0.4) is 0 Å². The molecule has 0 unspecified atom stereocenters. The van der Waals surface area contributed by atoms with Crippen molar-refractivity contribution in [1.82, 2.24) is 0 Å². The normalized spacial score (nSPS) is 30.4. The Morgan fingerprint density at radius 2 is 2.00 bits per heavy atom. The van der Waals surface area contributed by atoms with Gasteiger partial charge in [0.2, 0.25) is 6.29 Å². The summed E-state index contributed by atoms with van der Waals surface area (Å²) in [6.07, 6.45) is 7.98. The van der Waals surface area contributed by atoms with E-state index in [1.807, 2.05) is 39.0 Å². The smallest absolute Gasteiger partial charge is 0.344 e. The Balaban J connectivity index is 2.75. The molecule has 1 aliphatic rings. The van der Waals surface area contributed by atoms with Gasteiger partial charge in [-0.25, -0.2) is 4.79 Å². The van der Waals surface area contributed by atoms with Crippen LogP contribution in [0.5, 0.6) is 0 Å². The number of allylic oxidation sites excluding steroid dienone is 3. The van der Waals surface area contributed by atoms with Crippen LogP contribution in [0.1, 0.15) is 41.0 Å². The minimum atomic E-state index is -0.962. The maximum atomic E-state index is 11.8. The van der Waals surface area contributed by atoms with Crippen molar-refractivity contribution in [2.75, 3.05) is 0 Å². The zero-order chi connectivity index (χ0) is 13.1. The summed E-state index contributed by atoms with van der Waals surface area (Å²) in [5, 5.41) is 0. The summed E-state index contributed by atoms with van der Waals surface area (Å²) in [7, 11) is 0. The van der Waals surface area contributed by atoms with Gasteiger partial charge in [0.05, 0.1) is 0 Å². The van der Waals surface area contributed by atoms with E-state index in [9.17, 15) is 4.79 Å². The number of carbonyl (C=O) groups excluding carboxylic acids is 1. The Morgan fingerprint density at radius 1 is 1.35 bits per heavy atom. The van der Waals surface area contributed by atoms with Crippen LogP contribution in [0.2, 0.25) is 0 Å². The van der Waals surface area contributed by atoms with Gasteiger partial charge >= 0.3 is 5.97 Å². The molecule has 0 amide bonds. The predicted octanol–water partition coefficient (Wildman–Crippen LogP) is 3.21. The van der Waals surface area contributed by atoms with Gasteiger partial charge in [0.25, 0.3) is 0 Å². The average Bonchev–Trinajstić information content (AvgIpc) is 2.51. The standard InChI is InChI=1S/C14H22O3/c1-6-7-8-9-10-14(5)11(15)16-12(17-14)13(2,3)4/h7-10,12H,6H2,1-5H3/b8-7+,10-9+/t12-,14+/m1/s1. The van der Waals surface area contributed by atoms with Crippen LogP contribution in [-0.2, 0) is 14.3 Å². The highest BCUT2D eigenvalue weighted by molar-refractivity contribution is 5.83. The van der Waals surface area contributed by atoms with E-state index in [0.717, 1.165) is 6.42 Å². The predicted molar refractivity (Wildman–Crippen MR) is 67.4 cm³/mol. The molecule has 1 heterocycles. The van der Waals surface area contributed by atoms with Crippen LogP contribution in [0.15, 0.2) is 24.3 Å². The van der Waals surface area contributed by atoms with E-state index in [-0.39, 0.29) is 11.4 Å². The first-order valence-electron chi connectivity index (χ1n) is 6.03. The Morgan fingerprint density at radius 3 is 2.47 bits per heavy atom. The fraction of sp³-hybridized carbons (Fsp3) is 0.643. The number of hydrogen-bond donors (Lipinski definition) is 0. The van der Waals surface area contributed by atoms with Crippen LogP contribution in [0.25, 0.3) is 0 Å². The van der Waals surface area contributed by atoms with Gasteiger partial charge < -0.3 is 9.47 Å². The molecule has 1 rings (SSSR count). The quantitative estimate of drug-likeness (QED) is 0.559. The topological polar surface area (TPSA) is 35.5 Å². The molecule has 0 aromatic carbocycles. The second-order valence-corrected chi connectivity index (χ2v) is 5.52. The fourth-order valence-electron chi connectivity index (χ4n) is 1.42. The van der Waals surface area contributed by atoms with Crippen molar-refractivity contribution in [2.24, 2.45) is 5.41 Å². The first kappa shape index (κ1) is 14.0. The highest BCUT2D eigenvalue weighted by Crippen LogP contribution is 2.35. The summed E-state index contributed by atoms with van der Waals surface area (Å²) >= 11 is 0. The van der Waals surface area contributed by atoms with Gasteiger partial charge in [-0.3, -0.25) is 0 Å². The van der Waals surface area contributed by atoms with E-state index < -0.39 is 11.9 Å². The lowest BCUT2D eigenvalue weighted by Crippen LogP contribution is -2.32. The molecule has 1 saturated heterocycles. The first-order chi connectivity index (χ1) is 7.79. The van der Waals surface area contributed by atoms with Gasteiger partial charge in [-0.05, 0) is 19.4 Å². The second kappa shape index (κ2) is 5.05. The number of rotatable bonds is 3. The second-order valence-electron chi connectivity index (χ2n) is 5.52. The van der Waals surface area contributed by atoms with E-state index in [1.165, 1.54) is 0 Å². The Kier molecular flexibility index (Phi) is 4.15. The molecule has 3 nitrogen and oxygen atoms in total. The molecular weight excluding hydrogens is 216 g/mol. The largest absolute Gasteiger partial charge is 0.433 e. The molecule has 1 aliphatic heterocycles. The van der Waals surface area contributed by atoms with Crippen molar-refractivity contribution in [2.45, 2.75) is 52.9 Å². The summed E-state index contributed by atoms with van der Waals surface area (Å²) in [6.45, 7) is 9.74. The summed E-state index contributed by atoms with van der Waals surface area (Å²) in [4.78, 5) is 11.8. The lowest BCUT2D eigenvalue weighted by molar-refractivity contribution is -0.154. The third-order valence-electron chi connectivity index (χ3n) is 2.58. The van der Waals surface area contributed by atoms with Gasteiger partial charge in [0.1, 0.15) is 0 Å². The molecule has 0 spiro atoms. The van der Waals surface area contributed by atoms with Crippen molar-refractivity contribution >= 4 is 5.97 Å². The van der Waals surface area contributed by atoms with Crippen LogP contribution >= 0.6 is 0 Å². The summed E-state index contributed by atoms with van der Waals surface area (Å²) in [6, 6.07) is 0. The van der Waals surface area contributed by atoms with Crippen LogP contribution in [0.4, 0.5) is 0 Å². The molecule has 0 radical (unpaired) electrons. The van der Waals surface area contributed by atoms with Crippen molar-refractivity contribution < 1.29 is 14.3 Å². The number of esters is 1. The minimum absolute atomic E-state index is 0.208. The maximum Gasteiger partial charge on any atom is 0.344 e. The molecule has 0 aromatic rings. The van der Waals surface area contributed by atoms with Crippen LogP contribution in [-0.4, -0.2) is 17.9 Å². The van der Waals surface area contributed by atoms with Gasteiger partial charge in [-0.15, -0.1) is 0 Å². The van der Waals surface area contributed by atoms with E-state index in [1.54, 1.807) is 13.0 Å². The highest BCUT2D eigenvalue weighted by Gasteiger charge is 2.48. The zero-order valence-corrected chi connectivity index (χ0v) is 11.3.